The van der Waals surface area contributed by atoms with E-state index in [0.717, 1.165) is 39.0 Å². The average Bonchev–Trinajstić information content (AvgIpc) is 3.22. The highest BCUT2D eigenvalue weighted by Crippen LogP contribution is 2.20. The minimum absolute atomic E-state index is 0.278. The topological polar surface area (TPSA) is 99.2 Å². The minimum Gasteiger partial charge on any atom is -0.341 e. The number of hydrogen-bond acceptors (Lipinski definition) is 8. The number of pyridine rings is 1. The van der Waals surface area contributed by atoms with Gasteiger partial charge < -0.3 is 9.80 Å². The van der Waals surface area contributed by atoms with Crippen molar-refractivity contribution < 1.29 is 4.79 Å². The Bertz CT molecular complexity index is 709. The van der Waals surface area contributed by atoms with Crippen molar-refractivity contribution in [2.24, 2.45) is 0 Å². The van der Waals surface area contributed by atoms with Crippen LogP contribution in [-0.2, 0) is 0 Å². The lowest BCUT2D eigenvalue weighted by atomic mass is 10.3. The molecule has 9 nitrogen and oxygen atoms in total. The van der Waals surface area contributed by atoms with Crippen molar-refractivity contribution in [3.63, 3.8) is 0 Å². The van der Waals surface area contributed by atoms with Crippen molar-refractivity contribution in [3.8, 4) is 0 Å². The first-order valence-corrected chi connectivity index (χ1v) is 8.93. The molecule has 26 heavy (non-hydrogen) atoms. The van der Waals surface area contributed by atoms with Crippen molar-refractivity contribution in [2.45, 2.75) is 26.7 Å². The van der Waals surface area contributed by atoms with E-state index in [0.29, 0.717) is 23.4 Å². The van der Waals surface area contributed by atoms with Crippen LogP contribution in [0.15, 0.2) is 24.5 Å². The number of hydrogen-bond donors (Lipinski definition) is 2. The first-order chi connectivity index (χ1) is 12.7. The molecule has 0 spiro atoms. The van der Waals surface area contributed by atoms with E-state index in [1.165, 1.54) is 0 Å². The molecule has 3 heterocycles. The number of amides is 1. The van der Waals surface area contributed by atoms with Crippen molar-refractivity contribution in [3.05, 3.63) is 30.1 Å². The molecule has 1 amide bonds. The predicted molar refractivity (Wildman–Crippen MR) is 100 cm³/mol. The number of anilines is 3. The Kier molecular flexibility index (Phi) is 5.77. The lowest BCUT2D eigenvalue weighted by Crippen LogP contribution is -2.32. The molecule has 0 aliphatic carbocycles. The molecule has 0 bridgehead atoms. The van der Waals surface area contributed by atoms with Gasteiger partial charge in [-0.15, -0.1) is 0 Å². The number of carbonyl (C=O) groups is 1. The molecule has 0 aromatic carbocycles. The number of carbonyl (C=O) groups excluding carboxylic acids is 1. The molecular weight excluding hydrogens is 332 g/mol. The van der Waals surface area contributed by atoms with Crippen LogP contribution in [0, 0.1) is 0 Å². The molecular formula is C17H24N8O. The van der Waals surface area contributed by atoms with Crippen LogP contribution >= 0.6 is 0 Å². The van der Waals surface area contributed by atoms with Crippen LogP contribution in [0.1, 0.15) is 37.0 Å². The lowest BCUT2D eigenvalue weighted by molar-refractivity contribution is 0.0962. The summed E-state index contributed by atoms with van der Waals surface area (Å²) in [5.74, 6) is 1.29. The highest BCUT2D eigenvalue weighted by molar-refractivity contribution is 5.94. The average molecular weight is 356 g/mol. The molecule has 2 aromatic heterocycles. The first kappa shape index (κ1) is 17.8. The van der Waals surface area contributed by atoms with Crippen molar-refractivity contribution in [2.75, 3.05) is 41.4 Å². The molecule has 1 aliphatic heterocycles. The second-order valence-corrected chi connectivity index (χ2v) is 5.94. The third kappa shape index (κ3) is 4.16. The Labute approximate surface area is 152 Å². The fraction of sp³-hybridized carbons (Fsp3) is 0.471. The zero-order valence-electron chi connectivity index (χ0n) is 15.1. The first-order valence-electron chi connectivity index (χ1n) is 8.93. The predicted octanol–water partition coefficient (Wildman–Crippen LogP) is 1.47. The van der Waals surface area contributed by atoms with Crippen LogP contribution in [0.25, 0.3) is 0 Å². The van der Waals surface area contributed by atoms with Crippen molar-refractivity contribution in [1.29, 1.82) is 0 Å². The van der Waals surface area contributed by atoms with Gasteiger partial charge in [0.1, 0.15) is 0 Å². The zero-order valence-corrected chi connectivity index (χ0v) is 15.1. The molecule has 0 saturated carbocycles. The highest BCUT2D eigenvalue weighted by Gasteiger charge is 2.19. The molecule has 0 atom stereocenters. The van der Waals surface area contributed by atoms with Crippen LogP contribution in [0.3, 0.4) is 0 Å². The monoisotopic (exact) mass is 356 g/mol. The van der Waals surface area contributed by atoms with E-state index in [4.69, 9.17) is 0 Å². The Morgan fingerprint density at radius 3 is 2.46 bits per heavy atom. The fourth-order valence-corrected chi connectivity index (χ4v) is 2.80. The van der Waals surface area contributed by atoms with Gasteiger partial charge in [-0.2, -0.15) is 15.0 Å². The van der Waals surface area contributed by atoms with Gasteiger partial charge in [0.2, 0.25) is 17.8 Å². The fourth-order valence-electron chi connectivity index (χ4n) is 2.80. The Morgan fingerprint density at radius 2 is 1.81 bits per heavy atom. The van der Waals surface area contributed by atoms with Crippen LogP contribution in [0.2, 0.25) is 0 Å². The Balaban J connectivity index is 1.79. The molecule has 0 radical (unpaired) electrons. The summed E-state index contributed by atoms with van der Waals surface area (Å²) in [4.78, 5) is 33.8. The third-order valence-electron chi connectivity index (χ3n) is 4.28. The van der Waals surface area contributed by atoms with E-state index in [1.54, 1.807) is 24.5 Å². The second-order valence-electron chi connectivity index (χ2n) is 5.94. The van der Waals surface area contributed by atoms with Gasteiger partial charge in [0, 0.05) is 44.1 Å². The van der Waals surface area contributed by atoms with Gasteiger partial charge in [-0.1, -0.05) is 0 Å². The minimum atomic E-state index is -0.278. The molecule has 3 rings (SSSR count). The maximum absolute atomic E-state index is 12.2. The summed E-state index contributed by atoms with van der Waals surface area (Å²) in [5, 5.41) is 0. The van der Waals surface area contributed by atoms with E-state index in [1.807, 2.05) is 0 Å². The largest absolute Gasteiger partial charge is 0.341 e. The molecule has 1 saturated heterocycles. The zero-order chi connectivity index (χ0) is 18.4. The van der Waals surface area contributed by atoms with E-state index >= 15 is 0 Å². The van der Waals surface area contributed by atoms with Gasteiger partial charge in [-0.25, -0.2) is 0 Å². The SMILES string of the molecule is CCN(CC)c1nc(NNC(=O)c2ccncc2)nc(N2CCCC2)n1. The summed E-state index contributed by atoms with van der Waals surface area (Å²) < 4.78 is 0. The van der Waals surface area contributed by atoms with Gasteiger partial charge >= 0.3 is 0 Å². The van der Waals surface area contributed by atoms with Crippen LogP contribution in [0.4, 0.5) is 17.8 Å². The van der Waals surface area contributed by atoms with E-state index in [2.05, 4.69) is 54.4 Å². The molecule has 138 valence electrons. The van der Waals surface area contributed by atoms with Gasteiger partial charge in [0.15, 0.2) is 0 Å². The summed E-state index contributed by atoms with van der Waals surface area (Å²) in [7, 11) is 0. The normalized spacial score (nSPS) is 13.5. The van der Waals surface area contributed by atoms with E-state index < -0.39 is 0 Å². The summed E-state index contributed by atoms with van der Waals surface area (Å²) in [6.45, 7) is 7.57. The quantitative estimate of drug-likeness (QED) is 0.720. The Hall–Kier alpha value is -2.97. The van der Waals surface area contributed by atoms with Crippen molar-refractivity contribution >= 4 is 23.8 Å². The number of rotatable bonds is 7. The molecule has 2 N–H and O–H groups in total. The van der Waals surface area contributed by atoms with Gasteiger partial charge in [-0.3, -0.25) is 20.6 Å². The molecule has 9 heteroatoms. The van der Waals surface area contributed by atoms with Crippen molar-refractivity contribution in [1.82, 2.24) is 25.4 Å². The molecule has 1 fully saturated rings. The maximum Gasteiger partial charge on any atom is 0.269 e. The van der Waals surface area contributed by atoms with E-state index in [9.17, 15) is 4.79 Å². The Morgan fingerprint density at radius 1 is 1.12 bits per heavy atom. The van der Waals surface area contributed by atoms with Gasteiger partial charge in [0.05, 0.1) is 0 Å². The van der Waals surface area contributed by atoms with E-state index in [-0.39, 0.29) is 5.91 Å². The summed E-state index contributed by atoms with van der Waals surface area (Å²) in [6.07, 6.45) is 5.41. The molecule has 0 unspecified atom stereocenters. The number of hydrazine groups is 1. The molecule has 1 aliphatic rings. The van der Waals surface area contributed by atoms with Gasteiger partial charge in [0.25, 0.3) is 5.91 Å². The number of aromatic nitrogens is 4. The lowest BCUT2D eigenvalue weighted by Gasteiger charge is -2.22. The molecule has 2 aromatic rings. The van der Waals surface area contributed by atoms with Gasteiger partial charge in [-0.05, 0) is 38.8 Å². The smallest absolute Gasteiger partial charge is 0.269 e. The highest BCUT2D eigenvalue weighted by atomic mass is 16.2. The van der Waals surface area contributed by atoms with Crippen LogP contribution in [0.5, 0.6) is 0 Å². The summed E-state index contributed by atoms with van der Waals surface area (Å²) in [5.41, 5.74) is 5.95. The third-order valence-corrected chi connectivity index (χ3v) is 4.28. The number of nitrogens with one attached hydrogen (secondary N) is 2. The van der Waals surface area contributed by atoms with Crippen LogP contribution < -0.4 is 20.7 Å². The summed E-state index contributed by atoms with van der Waals surface area (Å²) >= 11 is 0. The second kappa shape index (κ2) is 8.41. The number of nitrogens with zero attached hydrogens (tertiary/aromatic N) is 6. The maximum atomic E-state index is 12.2. The van der Waals surface area contributed by atoms with Crippen LogP contribution in [-0.4, -0.2) is 52.0 Å². The standard InChI is InChI=1S/C17H24N8O/c1-3-24(4-2)16-19-15(20-17(21-16)25-11-5-6-12-25)23-22-14(26)13-7-9-18-10-8-13/h7-10H,3-6,11-12H2,1-2H3,(H,22,26)(H,19,20,21,23). The summed E-state index contributed by atoms with van der Waals surface area (Å²) in [6, 6.07) is 3.28.